The molecule has 1 aromatic rings. The summed E-state index contributed by atoms with van der Waals surface area (Å²) < 4.78 is 0. The molecule has 12 nitrogen and oxygen atoms in total. The van der Waals surface area contributed by atoms with Crippen LogP contribution in [0.3, 0.4) is 0 Å². The molecule has 2 fully saturated rings. The Morgan fingerprint density at radius 2 is 1.68 bits per heavy atom. The number of carbonyl (C=O) groups excluding carboxylic acids is 5. The molecule has 2 heterocycles. The molecular weight excluding hydrogens is 514 g/mol. The summed E-state index contributed by atoms with van der Waals surface area (Å²) in [5, 5.41) is 8.25. The highest BCUT2D eigenvalue weighted by molar-refractivity contribution is 6.38. The van der Waals surface area contributed by atoms with Gasteiger partial charge in [0.25, 0.3) is 5.91 Å². The Kier molecular flexibility index (Phi) is 11.9. The van der Waals surface area contributed by atoms with Crippen molar-refractivity contribution in [2.45, 2.75) is 82.3 Å². The predicted molar refractivity (Wildman–Crippen MR) is 150 cm³/mol. The Morgan fingerprint density at radius 3 is 2.42 bits per heavy atom. The van der Waals surface area contributed by atoms with Crippen LogP contribution in [0.4, 0.5) is 0 Å². The van der Waals surface area contributed by atoms with Crippen molar-refractivity contribution < 1.29 is 24.0 Å². The monoisotopic (exact) mass is 555 g/mol. The molecule has 0 unspecified atom stereocenters. The third-order valence-corrected chi connectivity index (χ3v) is 7.17. The van der Waals surface area contributed by atoms with Gasteiger partial charge in [0.1, 0.15) is 12.1 Å². The maximum Gasteiger partial charge on any atom is 0.289 e. The number of aliphatic imine (C=N–C) groups is 1. The van der Waals surface area contributed by atoms with Crippen LogP contribution in [-0.2, 0) is 30.4 Å². The normalized spacial score (nSPS) is 23.8. The molecule has 3 rings (SSSR count). The van der Waals surface area contributed by atoms with E-state index in [9.17, 15) is 24.0 Å². The van der Waals surface area contributed by atoms with Gasteiger partial charge in [-0.05, 0) is 44.1 Å². The third-order valence-electron chi connectivity index (χ3n) is 7.17. The largest absolute Gasteiger partial charge is 0.370 e. The first kappa shape index (κ1) is 30.6. The van der Waals surface area contributed by atoms with E-state index in [0.29, 0.717) is 51.6 Å². The number of benzene rings is 1. The van der Waals surface area contributed by atoms with Crippen LogP contribution >= 0.6 is 0 Å². The van der Waals surface area contributed by atoms with Crippen molar-refractivity contribution in [3.05, 3.63) is 35.9 Å². The fourth-order valence-electron chi connectivity index (χ4n) is 5.07. The summed E-state index contributed by atoms with van der Waals surface area (Å²) in [7, 11) is 0. The van der Waals surface area contributed by atoms with Crippen molar-refractivity contribution in [2.24, 2.45) is 16.5 Å². The van der Waals surface area contributed by atoms with E-state index >= 15 is 0 Å². The summed E-state index contributed by atoms with van der Waals surface area (Å²) in [6, 6.07) is 6.67. The molecule has 0 aliphatic carbocycles. The molecule has 0 radical (unpaired) electrons. The quantitative estimate of drug-likeness (QED) is 0.140. The predicted octanol–water partition coefficient (Wildman–Crippen LogP) is -0.107. The van der Waals surface area contributed by atoms with Gasteiger partial charge in [0, 0.05) is 32.5 Å². The second-order valence-electron chi connectivity index (χ2n) is 10.3. The molecule has 7 N–H and O–H groups in total. The lowest BCUT2D eigenvalue weighted by molar-refractivity contribution is -0.143. The van der Waals surface area contributed by atoms with Gasteiger partial charge in [0.15, 0.2) is 5.96 Å². The second kappa shape index (κ2) is 15.6. The van der Waals surface area contributed by atoms with E-state index in [-0.39, 0.29) is 37.2 Å². The van der Waals surface area contributed by atoms with Gasteiger partial charge >= 0.3 is 0 Å². The highest BCUT2D eigenvalue weighted by Crippen LogP contribution is 2.21. The first-order chi connectivity index (χ1) is 19.3. The zero-order chi connectivity index (χ0) is 28.9. The van der Waals surface area contributed by atoms with Crippen molar-refractivity contribution in [2.75, 3.05) is 19.6 Å². The Morgan fingerprint density at radius 1 is 0.925 bits per heavy atom. The molecule has 4 amide bonds. The summed E-state index contributed by atoms with van der Waals surface area (Å²) in [4.78, 5) is 71.0. The minimum atomic E-state index is -1.09. The van der Waals surface area contributed by atoms with Gasteiger partial charge in [-0.1, -0.05) is 43.2 Å². The summed E-state index contributed by atoms with van der Waals surface area (Å²) in [5.41, 5.74) is 11.6. The maximum absolute atomic E-state index is 13.7. The zero-order valence-corrected chi connectivity index (χ0v) is 22.9. The van der Waals surface area contributed by atoms with Crippen molar-refractivity contribution in [3.63, 3.8) is 0 Å². The molecule has 0 aromatic heterocycles. The van der Waals surface area contributed by atoms with Crippen molar-refractivity contribution >= 4 is 35.4 Å². The summed E-state index contributed by atoms with van der Waals surface area (Å²) in [6.07, 6.45) is 4.91. The number of Topliss-reactive ketones (excluding diaryl/α,β-unsaturated/α-hetero) is 1. The minimum Gasteiger partial charge on any atom is -0.370 e. The molecule has 3 atom stereocenters. The first-order valence-corrected chi connectivity index (χ1v) is 14.1. The topological polar surface area (TPSA) is 189 Å². The van der Waals surface area contributed by atoms with Gasteiger partial charge in [0.05, 0.1) is 6.04 Å². The van der Waals surface area contributed by atoms with Crippen LogP contribution in [0.1, 0.15) is 63.4 Å². The molecule has 40 heavy (non-hydrogen) atoms. The SMILES string of the molecule is NC(N)=NCCC[C@H]1NC(=O)[C@H]2CCCN2C(=O)[C@H](Cc2ccccc2)NC(=O)CCCCCCNC(=O)C1=O. The van der Waals surface area contributed by atoms with E-state index in [1.54, 1.807) is 0 Å². The lowest BCUT2D eigenvalue weighted by atomic mass is 10.0. The van der Waals surface area contributed by atoms with Gasteiger partial charge < -0.3 is 32.3 Å². The fourth-order valence-corrected chi connectivity index (χ4v) is 5.07. The van der Waals surface area contributed by atoms with Crippen molar-refractivity contribution in [3.8, 4) is 0 Å². The van der Waals surface area contributed by atoms with E-state index < -0.39 is 35.7 Å². The Labute approximate surface area is 234 Å². The number of rotatable bonds is 6. The van der Waals surface area contributed by atoms with Crippen molar-refractivity contribution in [1.29, 1.82) is 0 Å². The van der Waals surface area contributed by atoms with Crippen LogP contribution in [0.2, 0.25) is 0 Å². The lowest BCUT2D eigenvalue weighted by Crippen LogP contribution is -2.56. The van der Waals surface area contributed by atoms with Crippen LogP contribution in [-0.4, -0.2) is 78.0 Å². The first-order valence-electron chi connectivity index (χ1n) is 14.1. The van der Waals surface area contributed by atoms with Crippen LogP contribution in [0, 0.1) is 0 Å². The molecule has 0 bridgehead atoms. The highest BCUT2D eigenvalue weighted by Gasteiger charge is 2.39. The van der Waals surface area contributed by atoms with Gasteiger partial charge in [0.2, 0.25) is 23.5 Å². The van der Waals surface area contributed by atoms with E-state index in [2.05, 4.69) is 20.9 Å². The van der Waals surface area contributed by atoms with E-state index in [1.807, 2.05) is 30.3 Å². The minimum absolute atomic E-state index is 0.0879. The fraction of sp³-hybridized carbons (Fsp3) is 0.571. The Balaban J connectivity index is 1.82. The molecule has 2 aliphatic heterocycles. The molecule has 0 saturated carbocycles. The molecule has 1 aromatic carbocycles. The number of hydrogen-bond donors (Lipinski definition) is 5. The van der Waals surface area contributed by atoms with E-state index in [0.717, 1.165) is 18.4 Å². The Bertz CT molecular complexity index is 1070. The van der Waals surface area contributed by atoms with Crippen molar-refractivity contribution in [1.82, 2.24) is 20.9 Å². The number of hydrogen-bond acceptors (Lipinski definition) is 6. The number of nitrogens with zero attached hydrogens (tertiary/aromatic N) is 2. The average Bonchev–Trinajstić information content (AvgIpc) is 3.43. The van der Waals surface area contributed by atoms with Gasteiger partial charge in [-0.25, -0.2) is 0 Å². The molecule has 2 aliphatic rings. The van der Waals surface area contributed by atoms with Crippen LogP contribution in [0.15, 0.2) is 35.3 Å². The van der Waals surface area contributed by atoms with Crippen LogP contribution < -0.4 is 27.4 Å². The van der Waals surface area contributed by atoms with Crippen LogP contribution in [0.5, 0.6) is 0 Å². The number of nitrogens with two attached hydrogens (primary N) is 2. The number of nitrogens with one attached hydrogen (secondary N) is 3. The molecule has 218 valence electrons. The van der Waals surface area contributed by atoms with E-state index in [1.165, 1.54) is 4.90 Å². The van der Waals surface area contributed by atoms with Gasteiger partial charge in [-0.3, -0.25) is 29.0 Å². The third kappa shape index (κ3) is 9.35. The lowest BCUT2D eigenvalue weighted by Gasteiger charge is -2.30. The zero-order valence-electron chi connectivity index (χ0n) is 22.9. The van der Waals surface area contributed by atoms with E-state index in [4.69, 9.17) is 11.5 Å². The summed E-state index contributed by atoms with van der Waals surface area (Å²) >= 11 is 0. The highest BCUT2D eigenvalue weighted by atomic mass is 16.2. The molecular formula is C28H41N7O5. The summed E-state index contributed by atoms with van der Waals surface area (Å²) in [5.74, 6) is -2.67. The number of amides is 4. The Hall–Kier alpha value is -3.96. The smallest absolute Gasteiger partial charge is 0.289 e. The molecule has 0 spiro atoms. The number of carbonyl (C=O) groups is 5. The second-order valence-corrected chi connectivity index (χ2v) is 10.3. The van der Waals surface area contributed by atoms with Gasteiger partial charge in [-0.2, -0.15) is 0 Å². The number of guanidine groups is 1. The summed E-state index contributed by atoms with van der Waals surface area (Å²) in [6.45, 7) is 0.898. The van der Waals surface area contributed by atoms with Gasteiger partial charge in [-0.15, -0.1) is 0 Å². The average molecular weight is 556 g/mol. The standard InChI is InChI=1S/C28H41N7O5/c29-28(30)32-16-8-12-20-24(37)26(39)31-15-7-2-1-6-14-23(36)33-21(18-19-10-4-3-5-11-19)27(40)35-17-9-13-22(35)25(38)34-20/h3-5,10-11,20-22H,1-2,6-9,12-18H2,(H,31,39)(H,33,36)(H,34,38)(H4,29,30,32)/t20-,21+,22-/m1/s1. The number of fused-ring (bicyclic) bond motifs is 1. The number of ketones is 1. The molecule has 2 saturated heterocycles. The van der Waals surface area contributed by atoms with Crippen LogP contribution in [0.25, 0.3) is 0 Å². The maximum atomic E-state index is 13.7. The molecule has 12 heteroatoms.